The Balaban J connectivity index is 1.85. The van der Waals surface area contributed by atoms with Crippen molar-refractivity contribution in [2.75, 3.05) is 0 Å². The molecule has 0 radical (unpaired) electrons. The lowest BCUT2D eigenvalue weighted by Gasteiger charge is -2.14. The lowest BCUT2D eigenvalue weighted by atomic mass is 10.1. The molecular weight excluding hydrogens is 380 g/mol. The first-order valence-corrected chi connectivity index (χ1v) is 8.07. The number of carbonyl (C=O) groups excluding carboxylic acids is 3. The number of aromatic nitrogens is 1. The summed E-state index contributed by atoms with van der Waals surface area (Å²) < 4.78 is 5.56. The smallest absolute Gasteiger partial charge is 0.371 e. The van der Waals surface area contributed by atoms with Gasteiger partial charge in [-0.2, -0.15) is 0 Å². The van der Waals surface area contributed by atoms with Crippen molar-refractivity contribution >= 4 is 40.5 Å². The highest BCUT2D eigenvalue weighted by molar-refractivity contribution is 6.32. The number of hydroxylamine groups is 2. The van der Waals surface area contributed by atoms with Gasteiger partial charge >= 0.3 is 5.97 Å². The Labute approximate surface area is 155 Å². The van der Waals surface area contributed by atoms with Crippen LogP contribution < -0.4 is 5.43 Å². The molecule has 1 aromatic rings. The Morgan fingerprint density at radius 2 is 1.89 bits per heavy atom. The Kier molecular flexibility index (Phi) is 3.81. The van der Waals surface area contributed by atoms with Crippen molar-refractivity contribution in [3.8, 4) is 17.2 Å². The van der Waals surface area contributed by atoms with Crippen LogP contribution in [0.1, 0.15) is 23.2 Å². The molecule has 0 aromatic heterocycles. The average molecular weight is 389 g/mol. The molecule has 3 aliphatic rings. The monoisotopic (exact) mass is 388 g/mol. The molecule has 0 saturated carbocycles. The summed E-state index contributed by atoms with van der Waals surface area (Å²) in [7, 11) is 0. The van der Waals surface area contributed by atoms with Crippen LogP contribution in [0.2, 0.25) is 5.02 Å². The molecule has 2 heterocycles. The van der Waals surface area contributed by atoms with E-state index in [2.05, 4.69) is 4.98 Å². The number of rotatable bonds is 2. The fourth-order valence-electron chi connectivity index (χ4n) is 2.67. The minimum absolute atomic E-state index is 0.0516. The minimum Gasteiger partial charge on any atom is -0.506 e. The van der Waals surface area contributed by atoms with Gasteiger partial charge in [-0.25, -0.2) is 9.78 Å². The number of fused-ring (bicyclic) bond motifs is 2. The standard InChI is InChI=1S/C17H9ClN2O7/c18-7-5-9-12(6-11(7)22)26-16-8(19-9)1-2-10(21)15(16)17(25)27-20-13(23)3-4-14(20)24/h1-2,5-6,22H,3-4H2. The second-order valence-corrected chi connectivity index (χ2v) is 6.14. The number of amides is 2. The Morgan fingerprint density at radius 3 is 2.59 bits per heavy atom. The summed E-state index contributed by atoms with van der Waals surface area (Å²) in [6.45, 7) is 0. The molecule has 1 aromatic carbocycles. The van der Waals surface area contributed by atoms with Gasteiger partial charge in [0.15, 0.2) is 22.3 Å². The van der Waals surface area contributed by atoms with Crippen LogP contribution in [0.4, 0.5) is 0 Å². The van der Waals surface area contributed by atoms with E-state index in [4.69, 9.17) is 20.9 Å². The van der Waals surface area contributed by atoms with Crippen molar-refractivity contribution in [2.45, 2.75) is 12.8 Å². The molecule has 0 spiro atoms. The summed E-state index contributed by atoms with van der Waals surface area (Å²) in [5.74, 6) is -3.06. The maximum atomic E-state index is 12.5. The molecule has 1 aliphatic carbocycles. The summed E-state index contributed by atoms with van der Waals surface area (Å²) in [6.07, 6.45) is -0.162. The van der Waals surface area contributed by atoms with Gasteiger partial charge in [-0.1, -0.05) is 11.6 Å². The zero-order valence-corrected chi connectivity index (χ0v) is 14.1. The van der Waals surface area contributed by atoms with Gasteiger partial charge in [0.2, 0.25) is 0 Å². The van der Waals surface area contributed by atoms with E-state index in [0.29, 0.717) is 5.06 Å². The van der Waals surface area contributed by atoms with Crippen molar-refractivity contribution in [3.63, 3.8) is 0 Å². The molecule has 2 amide bonds. The van der Waals surface area contributed by atoms with E-state index < -0.39 is 28.8 Å². The largest absolute Gasteiger partial charge is 0.506 e. The number of benzene rings is 2. The first-order chi connectivity index (χ1) is 12.8. The van der Waals surface area contributed by atoms with Crippen LogP contribution >= 0.6 is 11.6 Å². The third-order valence-corrected chi connectivity index (χ3v) is 4.27. The van der Waals surface area contributed by atoms with Crippen LogP contribution in [0.15, 0.2) is 33.5 Å². The van der Waals surface area contributed by atoms with E-state index in [1.54, 1.807) is 0 Å². The summed E-state index contributed by atoms with van der Waals surface area (Å²) in [5, 5.41) is 10.1. The summed E-state index contributed by atoms with van der Waals surface area (Å²) in [6, 6.07) is 4.97. The molecular formula is C17H9ClN2O7. The second-order valence-electron chi connectivity index (χ2n) is 5.73. The van der Waals surface area contributed by atoms with Gasteiger partial charge < -0.3 is 14.4 Å². The molecule has 0 bridgehead atoms. The van der Waals surface area contributed by atoms with E-state index >= 15 is 0 Å². The summed E-state index contributed by atoms with van der Waals surface area (Å²) >= 11 is 5.84. The van der Waals surface area contributed by atoms with Crippen LogP contribution in [-0.4, -0.2) is 32.9 Å². The highest BCUT2D eigenvalue weighted by Crippen LogP contribution is 2.32. The van der Waals surface area contributed by atoms with E-state index in [1.807, 2.05) is 0 Å². The number of carbonyl (C=O) groups is 3. The zero-order chi connectivity index (χ0) is 19.3. The molecule has 2 aliphatic heterocycles. The first-order valence-electron chi connectivity index (χ1n) is 7.69. The highest BCUT2D eigenvalue weighted by atomic mass is 35.5. The first kappa shape index (κ1) is 17.0. The predicted octanol–water partition coefficient (Wildman–Crippen LogP) is 1.87. The van der Waals surface area contributed by atoms with Crippen molar-refractivity contribution in [1.29, 1.82) is 0 Å². The molecule has 0 unspecified atom stereocenters. The molecule has 1 fully saturated rings. The molecule has 9 nitrogen and oxygen atoms in total. The number of halogens is 1. The third-order valence-electron chi connectivity index (χ3n) is 3.96. The van der Waals surface area contributed by atoms with Crippen molar-refractivity contribution < 1.29 is 28.7 Å². The number of aromatic hydroxyl groups is 1. The Hall–Kier alpha value is -3.46. The topological polar surface area (TPSA) is 127 Å². The van der Waals surface area contributed by atoms with Gasteiger partial charge in [-0.15, -0.1) is 5.06 Å². The number of nitrogens with zero attached hydrogens (tertiary/aromatic N) is 2. The van der Waals surface area contributed by atoms with Crippen LogP contribution in [0.5, 0.6) is 5.75 Å². The van der Waals surface area contributed by atoms with E-state index in [9.17, 15) is 24.3 Å². The maximum absolute atomic E-state index is 12.5. The second kappa shape index (κ2) is 6.06. The zero-order valence-electron chi connectivity index (χ0n) is 13.4. The molecule has 27 heavy (non-hydrogen) atoms. The Bertz CT molecular complexity index is 1150. The Morgan fingerprint density at radius 1 is 1.19 bits per heavy atom. The third kappa shape index (κ3) is 2.77. The maximum Gasteiger partial charge on any atom is 0.371 e. The summed E-state index contributed by atoms with van der Waals surface area (Å²) in [5.41, 5.74) is -0.765. The fourth-order valence-corrected chi connectivity index (χ4v) is 2.82. The number of phenols is 1. The van der Waals surface area contributed by atoms with Gasteiger partial charge in [0.05, 0.1) is 5.02 Å². The molecule has 0 atom stereocenters. The van der Waals surface area contributed by atoms with Crippen LogP contribution in [0.3, 0.4) is 0 Å². The van der Waals surface area contributed by atoms with Crippen LogP contribution in [0.25, 0.3) is 22.6 Å². The van der Waals surface area contributed by atoms with Crippen molar-refractivity contribution in [2.24, 2.45) is 0 Å². The van der Waals surface area contributed by atoms with Crippen LogP contribution in [-0.2, 0) is 14.4 Å². The molecule has 136 valence electrons. The lowest BCUT2D eigenvalue weighted by molar-refractivity contribution is -0.172. The predicted molar refractivity (Wildman–Crippen MR) is 90.1 cm³/mol. The molecule has 1 saturated heterocycles. The van der Waals surface area contributed by atoms with Gasteiger partial charge in [-0.05, 0) is 18.2 Å². The van der Waals surface area contributed by atoms with Gasteiger partial charge in [0.25, 0.3) is 11.8 Å². The molecule has 10 heteroatoms. The number of phenolic OH excluding ortho intramolecular Hbond substituents is 1. The van der Waals surface area contributed by atoms with Gasteiger partial charge in [-0.3, -0.25) is 14.4 Å². The number of imide groups is 1. The minimum atomic E-state index is -1.22. The number of hydrogen-bond donors (Lipinski definition) is 1. The van der Waals surface area contributed by atoms with E-state index in [0.717, 1.165) is 6.07 Å². The van der Waals surface area contributed by atoms with Gasteiger partial charge in [0, 0.05) is 18.9 Å². The van der Waals surface area contributed by atoms with E-state index in [1.165, 1.54) is 18.2 Å². The fraction of sp³-hybridized carbons (Fsp3) is 0.118. The number of hydrogen-bond acceptors (Lipinski definition) is 8. The molecule has 4 rings (SSSR count). The van der Waals surface area contributed by atoms with Crippen molar-refractivity contribution in [1.82, 2.24) is 10.0 Å². The highest BCUT2D eigenvalue weighted by Gasteiger charge is 2.35. The lowest BCUT2D eigenvalue weighted by Crippen LogP contribution is -2.34. The average Bonchev–Trinajstić information content (AvgIpc) is 2.93. The normalized spacial score (nSPS) is 14.3. The van der Waals surface area contributed by atoms with Gasteiger partial charge in [0.1, 0.15) is 17.0 Å². The summed E-state index contributed by atoms with van der Waals surface area (Å²) in [4.78, 5) is 57.0. The molecule has 1 N–H and O–H groups in total. The van der Waals surface area contributed by atoms with E-state index in [-0.39, 0.29) is 46.2 Å². The quantitative estimate of drug-likeness (QED) is 0.520. The van der Waals surface area contributed by atoms with Crippen LogP contribution in [0, 0.1) is 0 Å². The van der Waals surface area contributed by atoms with Crippen molar-refractivity contribution in [3.05, 3.63) is 45.1 Å². The SMILES string of the molecule is O=C(ON1C(=O)CCC1=O)c1c2oc3cc(O)c(Cl)cc3nc-2ccc1=O.